The molecule has 0 amide bonds. The molecule has 0 bridgehead atoms. The molecule has 1 aliphatic heterocycles. The highest BCUT2D eigenvalue weighted by molar-refractivity contribution is 7.92. The van der Waals surface area contributed by atoms with Crippen molar-refractivity contribution in [2.45, 2.75) is 30.0 Å². The number of aryl methyl sites for hydroxylation is 1. The molecule has 0 aliphatic carbocycles. The number of hydrogen-bond acceptors (Lipinski definition) is 4. The first-order valence-corrected chi connectivity index (χ1v) is 7.02. The zero-order valence-corrected chi connectivity index (χ0v) is 11.4. The van der Waals surface area contributed by atoms with Crippen molar-refractivity contribution in [2.24, 2.45) is 0 Å². The van der Waals surface area contributed by atoms with Crippen molar-refractivity contribution in [3.05, 3.63) is 23.9 Å². The monoisotopic (exact) mass is 276 g/mol. The first-order chi connectivity index (χ1) is 7.60. The van der Waals surface area contributed by atoms with Gasteiger partial charge in [-0.1, -0.05) is 6.07 Å². The maximum absolute atomic E-state index is 12.2. The Bertz CT molecular complexity index is 453. The van der Waals surface area contributed by atoms with Crippen LogP contribution in [0.4, 0.5) is 0 Å². The first kappa shape index (κ1) is 14.4. The van der Waals surface area contributed by atoms with Crippen molar-refractivity contribution in [1.29, 1.82) is 0 Å². The van der Waals surface area contributed by atoms with Gasteiger partial charge in [0.1, 0.15) is 0 Å². The molecule has 96 valence electrons. The average molecular weight is 277 g/mol. The molecule has 4 nitrogen and oxygen atoms in total. The Morgan fingerprint density at radius 2 is 1.94 bits per heavy atom. The Balaban J connectivity index is 0.00000144. The Kier molecular flexibility index (Phi) is 4.91. The van der Waals surface area contributed by atoms with Crippen molar-refractivity contribution in [3.8, 4) is 0 Å². The van der Waals surface area contributed by atoms with Gasteiger partial charge < -0.3 is 5.32 Å². The third-order valence-corrected chi connectivity index (χ3v) is 5.07. The van der Waals surface area contributed by atoms with Gasteiger partial charge in [-0.3, -0.25) is 0 Å². The van der Waals surface area contributed by atoms with Crippen molar-refractivity contribution >= 4 is 22.2 Å². The van der Waals surface area contributed by atoms with E-state index in [1.807, 2.05) is 6.92 Å². The zero-order chi connectivity index (χ0) is 11.6. The van der Waals surface area contributed by atoms with Crippen LogP contribution in [0.1, 0.15) is 18.4 Å². The predicted molar refractivity (Wildman–Crippen MR) is 69.3 cm³/mol. The third kappa shape index (κ3) is 3.18. The van der Waals surface area contributed by atoms with Gasteiger partial charge in [0, 0.05) is 6.20 Å². The highest BCUT2D eigenvalue weighted by Crippen LogP contribution is 2.20. The van der Waals surface area contributed by atoms with Crippen molar-refractivity contribution in [1.82, 2.24) is 10.3 Å². The van der Waals surface area contributed by atoms with Crippen LogP contribution in [-0.2, 0) is 9.84 Å². The summed E-state index contributed by atoms with van der Waals surface area (Å²) in [7, 11) is -3.23. The number of nitrogens with zero attached hydrogens (tertiary/aromatic N) is 1. The van der Waals surface area contributed by atoms with Crippen LogP contribution >= 0.6 is 12.4 Å². The lowest BCUT2D eigenvalue weighted by molar-refractivity contribution is 0.494. The molecule has 1 aromatic heterocycles. The van der Waals surface area contributed by atoms with E-state index in [0.29, 0.717) is 12.8 Å². The Morgan fingerprint density at radius 3 is 2.47 bits per heavy atom. The minimum Gasteiger partial charge on any atom is -0.317 e. The van der Waals surface area contributed by atoms with Crippen molar-refractivity contribution in [2.75, 3.05) is 13.1 Å². The summed E-state index contributed by atoms with van der Waals surface area (Å²) in [4.78, 5) is 4.02. The van der Waals surface area contributed by atoms with Crippen LogP contribution in [0, 0.1) is 6.92 Å². The topological polar surface area (TPSA) is 59.1 Å². The van der Waals surface area contributed by atoms with E-state index in [9.17, 15) is 8.42 Å². The number of pyridine rings is 1. The minimum atomic E-state index is -3.23. The summed E-state index contributed by atoms with van der Waals surface area (Å²) in [5.41, 5.74) is 0.976. The maximum atomic E-state index is 12.2. The Morgan fingerprint density at radius 1 is 1.29 bits per heavy atom. The molecule has 2 heterocycles. The van der Waals surface area contributed by atoms with E-state index in [2.05, 4.69) is 10.3 Å². The van der Waals surface area contributed by atoms with Gasteiger partial charge in [0.2, 0.25) is 0 Å². The van der Waals surface area contributed by atoms with Crippen molar-refractivity contribution in [3.63, 3.8) is 0 Å². The molecule has 0 saturated carbocycles. The highest BCUT2D eigenvalue weighted by Gasteiger charge is 2.29. The van der Waals surface area contributed by atoms with Gasteiger partial charge in [-0.15, -0.1) is 12.4 Å². The Hall–Kier alpha value is -0.650. The second-order valence-electron chi connectivity index (χ2n) is 4.17. The molecule has 1 aromatic rings. The van der Waals surface area contributed by atoms with Crippen LogP contribution in [0.15, 0.2) is 23.4 Å². The van der Waals surface area contributed by atoms with Crippen LogP contribution < -0.4 is 5.32 Å². The van der Waals surface area contributed by atoms with Gasteiger partial charge >= 0.3 is 0 Å². The minimum absolute atomic E-state index is 0. The van der Waals surface area contributed by atoms with E-state index >= 15 is 0 Å². The number of aromatic nitrogens is 1. The van der Waals surface area contributed by atoms with Crippen LogP contribution in [0.2, 0.25) is 0 Å². The van der Waals surface area contributed by atoms with Crippen LogP contribution in [-0.4, -0.2) is 31.7 Å². The lowest BCUT2D eigenvalue weighted by atomic mass is 10.2. The fourth-order valence-electron chi connectivity index (χ4n) is 1.90. The molecular formula is C11H17ClN2O2S. The summed E-state index contributed by atoms with van der Waals surface area (Å²) in [5.74, 6) is 0. The quantitative estimate of drug-likeness (QED) is 0.886. The third-order valence-electron chi connectivity index (χ3n) is 2.90. The van der Waals surface area contributed by atoms with Crippen molar-refractivity contribution < 1.29 is 8.42 Å². The molecule has 1 aliphatic rings. The summed E-state index contributed by atoms with van der Waals surface area (Å²) in [5, 5.41) is 3.10. The standard InChI is InChI=1S/C11H16N2O2S.ClH/c1-9-2-3-11(13-8-9)16(14,15)10-4-6-12-7-5-10;/h2-3,8,10,12H,4-7H2,1H3;1H. The number of rotatable bonds is 2. The van der Waals surface area contributed by atoms with Gasteiger partial charge in [-0.25, -0.2) is 13.4 Å². The summed E-state index contributed by atoms with van der Waals surface area (Å²) >= 11 is 0. The lowest BCUT2D eigenvalue weighted by Gasteiger charge is -2.22. The fourth-order valence-corrected chi connectivity index (χ4v) is 3.55. The molecule has 0 radical (unpaired) electrons. The summed E-state index contributed by atoms with van der Waals surface area (Å²) in [6, 6.07) is 3.40. The van der Waals surface area contributed by atoms with Gasteiger partial charge in [0.25, 0.3) is 0 Å². The zero-order valence-electron chi connectivity index (χ0n) is 9.72. The van der Waals surface area contributed by atoms with E-state index in [0.717, 1.165) is 18.7 Å². The van der Waals surface area contributed by atoms with Gasteiger partial charge in [0.15, 0.2) is 14.9 Å². The molecule has 1 N–H and O–H groups in total. The van der Waals surface area contributed by atoms with Crippen LogP contribution in [0.5, 0.6) is 0 Å². The van der Waals surface area contributed by atoms with E-state index < -0.39 is 9.84 Å². The lowest BCUT2D eigenvalue weighted by Crippen LogP contribution is -2.36. The average Bonchev–Trinajstić information content (AvgIpc) is 2.31. The summed E-state index contributed by atoms with van der Waals surface area (Å²) in [6.45, 7) is 3.44. The van der Waals surface area contributed by atoms with Gasteiger partial charge in [-0.05, 0) is 44.5 Å². The molecule has 0 atom stereocenters. The largest absolute Gasteiger partial charge is 0.317 e. The molecule has 6 heteroatoms. The van der Waals surface area contributed by atoms with Gasteiger partial charge in [0.05, 0.1) is 5.25 Å². The maximum Gasteiger partial charge on any atom is 0.198 e. The van der Waals surface area contributed by atoms with Crippen LogP contribution in [0.25, 0.3) is 0 Å². The Labute approximate surface area is 108 Å². The SMILES string of the molecule is Cc1ccc(S(=O)(=O)C2CCNCC2)nc1.Cl. The molecule has 0 spiro atoms. The summed E-state index contributed by atoms with van der Waals surface area (Å²) in [6.07, 6.45) is 2.96. The molecule has 17 heavy (non-hydrogen) atoms. The number of hydrogen-bond donors (Lipinski definition) is 1. The van der Waals surface area contributed by atoms with Crippen LogP contribution in [0.3, 0.4) is 0 Å². The second-order valence-corrected chi connectivity index (χ2v) is 6.34. The van der Waals surface area contributed by atoms with E-state index in [1.165, 1.54) is 0 Å². The first-order valence-electron chi connectivity index (χ1n) is 5.48. The molecular weight excluding hydrogens is 260 g/mol. The van der Waals surface area contributed by atoms with Gasteiger partial charge in [-0.2, -0.15) is 0 Å². The number of nitrogens with one attached hydrogen (secondary N) is 1. The smallest absolute Gasteiger partial charge is 0.198 e. The van der Waals surface area contributed by atoms with E-state index in [1.54, 1.807) is 18.3 Å². The predicted octanol–water partition coefficient (Wildman–Crippen LogP) is 1.34. The van der Waals surface area contributed by atoms with E-state index in [4.69, 9.17) is 0 Å². The fraction of sp³-hybridized carbons (Fsp3) is 0.545. The number of piperidine rings is 1. The number of sulfone groups is 1. The summed E-state index contributed by atoms with van der Waals surface area (Å²) < 4.78 is 24.4. The van der Waals surface area contributed by atoms with E-state index in [-0.39, 0.29) is 22.7 Å². The molecule has 1 fully saturated rings. The molecule has 2 rings (SSSR count). The molecule has 0 unspecified atom stereocenters. The highest BCUT2D eigenvalue weighted by atomic mass is 35.5. The number of halogens is 1. The molecule has 1 saturated heterocycles. The second kappa shape index (κ2) is 5.80. The normalized spacial score (nSPS) is 17.5. The molecule has 0 aromatic carbocycles.